The standard InChI is InChI=1S/C21H15ClN4O4S/c22-16-8-7-15(31-16)18(27)25-14-6-2-5-13-17(14)20(29)26(19(13)28)10-11-3-1-4-12(9-11)24-21(23)30/h1-9H,10H2,(H,25,27)(H3,23,24,30). The van der Waals surface area contributed by atoms with Gasteiger partial charge in [-0.1, -0.05) is 29.8 Å². The average molecular weight is 455 g/mol. The largest absolute Gasteiger partial charge is 0.351 e. The number of halogens is 1. The first-order chi connectivity index (χ1) is 14.8. The van der Waals surface area contributed by atoms with Gasteiger partial charge in [0.05, 0.1) is 32.6 Å². The predicted octanol–water partition coefficient (Wildman–Crippen LogP) is 3.94. The fourth-order valence-electron chi connectivity index (χ4n) is 3.27. The third-order valence-corrected chi connectivity index (χ3v) is 5.81. The van der Waals surface area contributed by atoms with E-state index < -0.39 is 23.8 Å². The number of urea groups is 1. The van der Waals surface area contributed by atoms with Crippen molar-refractivity contribution >= 4 is 58.1 Å². The van der Waals surface area contributed by atoms with Crippen LogP contribution < -0.4 is 16.4 Å². The van der Waals surface area contributed by atoms with Crippen LogP contribution in [0.15, 0.2) is 54.6 Å². The van der Waals surface area contributed by atoms with Gasteiger partial charge >= 0.3 is 6.03 Å². The molecule has 0 unspecified atom stereocenters. The smallest absolute Gasteiger partial charge is 0.316 e. The van der Waals surface area contributed by atoms with E-state index in [4.69, 9.17) is 17.3 Å². The third-order valence-electron chi connectivity index (χ3n) is 4.58. The number of nitrogens with two attached hydrogens (primary N) is 1. The Morgan fingerprint density at radius 1 is 1.00 bits per heavy atom. The second-order valence-electron chi connectivity index (χ2n) is 6.67. The molecule has 2 aromatic carbocycles. The fraction of sp³-hybridized carbons (Fsp3) is 0.0476. The molecule has 3 aromatic rings. The van der Waals surface area contributed by atoms with Gasteiger partial charge in [-0.3, -0.25) is 19.3 Å². The van der Waals surface area contributed by atoms with Gasteiger partial charge in [-0.25, -0.2) is 4.79 Å². The lowest BCUT2D eigenvalue weighted by atomic mass is 10.1. The van der Waals surface area contributed by atoms with Gasteiger partial charge in [-0.15, -0.1) is 11.3 Å². The first-order valence-electron chi connectivity index (χ1n) is 9.05. The number of hydrogen-bond donors (Lipinski definition) is 3. The molecule has 156 valence electrons. The van der Waals surface area contributed by atoms with Crippen molar-refractivity contribution in [1.29, 1.82) is 0 Å². The van der Waals surface area contributed by atoms with E-state index in [1.165, 1.54) is 6.07 Å². The molecule has 8 nitrogen and oxygen atoms in total. The van der Waals surface area contributed by atoms with Crippen LogP contribution in [0.5, 0.6) is 0 Å². The van der Waals surface area contributed by atoms with Crippen LogP contribution in [0.1, 0.15) is 36.0 Å². The molecule has 0 fully saturated rings. The summed E-state index contributed by atoms with van der Waals surface area (Å²) in [6.07, 6.45) is 0. The summed E-state index contributed by atoms with van der Waals surface area (Å²) in [6.45, 7) is -0.00541. The summed E-state index contributed by atoms with van der Waals surface area (Å²) < 4.78 is 0.467. The van der Waals surface area contributed by atoms with Crippen molar-refractivity contribution in [2.75, 3.05) is 10.6 Å². The Hall–Kier alpha value is -3.69. The second-order valence-corrected chi connectivity index (χ2v) is 8.39. The topological polar surface area (TPSA) is 122 Å². The molecule has 0 bridgehead atoms. The molecule has 1 aliphatic heterocycles. The molecule has 2 heterocycles. The summed E-state index contributed by atoms with van der Waals surface area (Å²) in [6, 6.07) is 13.8. The van der Waals surface area contributed by atoms with Gasteiger partial charge in [0.1, 0.15) is 0 Å². The third kappa shape index (κ3) is 4.14. The highest BCUT2D eigenvalue weighted by Crippen LogP contribution is 2.31. The van der Waals surface area contributed by atoms with Crippen LogP contribution in [-0.2, 0) is 6.54 Å². The number of anilines is 2. The van der Waals surface area contributed by atoms with E-state index in [2.05, 4.69) is 10.6 Å². The van der Waals surface area contributed by atoms with Gasteiger partial charge in [0, 0.05) is 5.69 Å². The van der Waals surface area contributed by atoms with Crippen molar-refractivity contribution in [2.24, 2.45) is 5.73 Å². The highest BCUT2D eigenvalue weighted by atomic mass is 35.5. The number of amides is 5. The van der Waals surface area contributed by atoms with E-state index in [0.29, 0.717) is 20.5 Å². The molecular formula is C21H15ClN4O4S. The normalized spacial score (nSPS) is 12.6. The number of nitrogens with zero attached hydrogens (tertiary/aromatic N) is 1. The quantitative estimate of drug-likeness (QED) is 0.505. The number of fused-ring (bicyclic) bond motifs is 1. The summed E-state index contributed by atoms with van der Waals surface area (Å²) >= 11 is 6.99. The summed E-state index contributed by atoms with van der Waals surface area (Å²) in [5, 5.41) is 5.14. The molecule has 0 radical (unpaired) electrons. The number of rotatable bonds is 5. The molecule has 0 atom stereocenters. The average Bonchev–Trinajstić information content (AvgIpc) is 3.26. The Morgan fingerprint density at radius 2 is 1.77 bits per heavy atom. The van der Waals surface area contributed by atoms with Crippen molar-refractivity contribution in [3.8, 4) is 0 Å². The van der Waals surface area contributed by atoms with Crippen LogP contribution in [-0.4, -0.2) is 28.7 Å². The van der Waals surface area contributed by atoms with Crippen molar-refractivity contribution in [2.45, 2.75) is 6.54 Å². The van der Waals surface area contributed by atoms with E-state index in [9.17, 15) is 19.2 Å². The van der Waals surface area contributed by atoms with Crippen LogP contribution in [0.2, 0.25) is 4.34 Å². The summed E-state index contributed by atoms with van der Waals surface area (Å²) in [5.41, 5.74) is 6.79. The number of benzene rings is 2. The van der Waals surface area contributed by atoms with E-state index in [1.807, 2.05) is 0 Å². The second kappa shape index (κ2) is 8.21. The van der Waals surface area contributed by atoms with Crippen LogP contribution in [0.4, 0.5) is 16.2 Å². The van der Waals surface area contributed by atoms with Crippen molar-refractivity contribution in [3.05, 3.63) is 80.5 Å². The number of primary amides is 1. The van der Waals surface area contributed by atoms with Gasteiger partial charge < -0.3 is 16.4 Å². The van der Waals surface area contributed by atoms with Gasteiger partial charge in [0.15, 0.2) is 0 Å². The monoisotopic (exact) mass is 454 g/mol. The predicted molar refractivity (Wildman–Crippen MR) is 118 cm³/mol. The Morgan fingerprint density at radius 3 is 2.48 bits per heavy atom. The lowest BCUT2D eigenvalue weighted by Gasteiger charge is -2.15. The first kappa shape index (κ1) is 20.6. The Bertz CT molecular complexity index is 1240. The van der Waals surface area contributed by atoms with Crippen LogP contribution >= 0.6 is 22.9 Å². The highest BCUT2D eigenvalue weighted by molar-refractivity contribution is 7.18. The molecule has 1 aromatic heterocycles. The van der Waals surface area contributed by atoms with Gasteiger partial charge in [-0.05, 0) is 42.0 Å². The zero-order chi connectivity index (χ0) is 22.1. The fourth-order valence-corrected chi connectivity index (χ4v) is 4.21. The zero-order valence-corrected chi connectivity index (χ0v) is 17.4. The minimum Gasteiger partial charge on any atom is -0.351 e. The molecule has 4 N–H and O–H groups in total. The van der Waals surface area contributed by atoms with Crippen molar-refractivity contribution < 1.29 is 19.2 Å². The van der Waals surface area contributed by atoms with E-state index in [-0.39, 0.29) is 23.4 Å². The number of nitrogens with one attached hydrogen (secondary N) is 2. The Kier molecular flexibility index (Phi) is 5.45. The van der Waals surface area contributed by atoms with Gasteiger partial charge in [0.25, 0.3) is 17.7 Å². The van der Waals surface area contributed by atoms with Crippen LogP contribution in [0.3, 0.4) is 0 Å². The van der Waals surface area contributed by atoms with Crippen LogP contribution in [0, 0.1) is 0 Å². The maximum absolute atomic E-state index is 13.1. The molecule has 0 aliphatic carbocycles. The molecule has 4 rings (SSSR count). The molecule has 5 amide bonds. The molecule has 0 spiro atoms. The molecular weight excluding hydrogens is 440 g/mol. The van der Waals surface area contributed by atoms with E-state index in [1.54, 1.807) is 48.5 Å². The summed E-state index contributed by atoms with van der Waals surface area (Å²) in [5.74, 6) is -1.41. The number of thiophene rings is 1. The number of carbonyl (C=O) groups excluding carboxylic acids is 4. The maximum atomic E-state index is 13.1. The Labute approximate surface area is 185 Å². The Balaban J connectivity index is 1.59. The van der Waals surface area contributed by atoms with Gasteiger partial charge in [0.2, 0.25) is 0 Å². The summed E-state index contributed by atoms with van der Waals surface area (Å²) in [4.78, 5) is 51.0. The maximum Gasteiger partial charge on any atom is 0.316 e. The lowest BCUT2D eigenvalue weighted by Crippen LogP contribution is -2.29. The summed E-state index contributed by atoms with van der Waals surface area (Å²) in [7, 11) is 0. The van der Waals surface area contributed by atoms with Gasteiger partial charge in [-0.2, -0.15) is 0 Å². The molecule has 31 heavy (non-hydrogen) atoms. The first-order valence-corrected chi connectivity index (χ1v) is 10.2. The van der Waals surface area contributed by atoms with E-state index >= 15 is 0 Å². The van der Waals surface area contributed by atoms with Crippen LogP contribution in [0.25, 0.3) is 0 Å². The highest BCUT2D eigenvalue weighted by Gasteiger charge is 2.37. The number of imide groups is 1. The minimum atomic E-state index is -0.717. The molecule has 1 aliphatic rings. The van der Waals surface area contributed by atoms with E-state index in [0.717, 1.165) is 16.2 Å². The SMILES string of the molecule is NC(=O)Nc1cccc(CN2C(=O)c3cccc(NC(=O)c4ccc(Cl)s4)c3C2=O)c1. The zero-order valence-electron chi connectivity index (χ0n) is 15.8. The minimum absolute atomic E-state index is 0.00541. The van der Waals surface area contributed by atoms with Crippen molar-refractivity contribution in [3.63, 3.8) is 0 Å². The number of carbonyl (C=O) groups is 4. The molecule has 0 saturated heterocycles. The molecule has 10 heteroatoms. The number of hydrogen-bond acceptors (Lipinski definition) is 5. The molecule has 0 saturated carbocycles. The van der Waals surface area contributed by atoms with Crippen molar-refractivity contribution in [1.82, 2.24) is 4.90 Å². The lowest BCUT2D eigenvalue weighted by molar-refractivity contribution is 0.0642.